The van der Waals surface area contributed by atoms with Gasteiger partial charge in [0, 0.05) is 12.1 Å². The van der Waals surface area contributed by atoms with Crippen LogP contribution >= 0.6 is 35.0 Å². The van der Waals surface area contributed by atoms with Crippen LogP contribution in [0.2, 0.25) is 10.0 Å². The zero-order chi connectivity index (χ0) is 21.5. The molecule has 1 heterocycles. The fraction of sp³-hybridized carbons (Fsp3) is 0.200. The summed E-state index contributed by atoms with van der Waals surface area (Å²) in [5, 5.41) is 14.0. The molecule has 0 fully saturated rings. The number of nitrogens with one attached hydrogen (secondary N) is 1. The SMILES string of the molecule is CCn1c(SCC(=O)N/N=C\c2ccc(Cl)c(Cl)c2)nnc1-c1ccc(OC)cc1. The zero-order valence-electron chi connectivity index (χ0n) is 16.3. The number of nitrogens with zero attached hydrogens (tertiary/aromatic N) is 4. The Balaban J connectivity index is 1.59. The highest BCUT2D eigenvalue weighted by Gasteiger charge is 2.14. The van der Waals surface area contributed by atoms with Crippen LogP contribution in [0, 0.1) is 0 Å². The molecule has 1 amide bonds. The Morgan fingerprint density at radius 1 is 1.20 bits per heavy atom. The topological polar surface area (TPSA) is 81.4 Å². The summed E-state index contributed by atoms with van der Waals surface area (Å²) in [5.41, 5.74) is 4.14. The normalized spacial score (nSPS) is 11.1. The number of hydrogen-bond acceptors (Lipinski definition) is 6. The third-order valence-corrected chi connectivity index (χ3v) is 5.77. The molecule has 0 unspecified atom stereocenters. The van der Waals surface area contributed by atoms with Gasteiger partial charge < -0.3 is 9.30 Å². The molecular formula is C20H19Cl2N5O2S. The van der Waals surface area contributed by atoms with Gasteiger partial charge in [-0.3, -0.25) is 4.79 Å². The average molecular weight is 464 g/mol. The Morgan fingerprint density at radius 3 is 2.63 bits per heavy atom. The van der Waals surface area contributed by atoms with Crippen LogP contribution in [0.3, 0.4) is 0 Å². The molecule has 10 heteroatoms. The smallest absolute Gasteiger partial charge is 0.250 e. The summed E-state index contributed by atoms with van der Waals surface area (Å²) < 4.78 is 7.15. The zero-order valence-corrected chi connectivity index (χ0v) is 18.6. The molecule has 0 radical (unpaired) electrons. The van der Waals surface area contributed by atoms with Gasteiger partial charge in [0.2, 0.25) is 0 Å². The van der Waals surface area contributed by atoms with Gasteiger partial charge >= 0.3 is 0 Å². The summed E-state index contributed by atoms with van der Waals surface area (Å²) >= 11 is 13.1. The summed E-state index contributed by atoms with van der Waals surface area (Å²) in [6, 6.07) is 12.7. The quantitative estimate of drug-likeness (QED) is 0.301. The molecule has 0 spiro atoms. The second-order valence-corrected chi connectivity index (χ2v) is 7.79. The monoisotopic (exact) mass is 463 g/mol. The third-order valence-electron chi connectivity index (χ3n) is 4.06. The first kappa shape index (κ1) is 22.1. The van der Waals surface area contributed by atoms with Crippen molar-refractivity contribution in [3.8, 4) is 17.1 Å². The summed E-state index contributed by atoms with van der Waals surface area (Å²) in [6.45, 7) is 2.68. The van der Waals surface area contributed by atoms with Crippen LogP contribution in [0.25, 0.3) is 11.4 Å². The van der Waals surface area contributed by atoms with Gasteiger partial charge in [-0.2, -0.15) is 5.10 Å². The van der Waals surface area contributed by atoms with Crippen LogP contribution in [0.1, 0.15) is 12.5 Å². The van der Waals surface area contributed by atoms with E-state index < -0.39 is 0 Å². The van der Waals surface area contributed by atoms with Gasteiger partial charge in [-0.15, -0.1) is 10.2 Å². The van der Waals surface area contributed by atoms with Crippen molar-refractivity contribution in [1.82, 2.24) is 20.2 Å². The lowest BCUT2D eigenvalue weighted by molar-refractivity contribution is -0.118. The molecule has 1 N–H and O–H groups in total. The fourth-order valence-electron chi connectivity index (χ4n) is 2.57. The molecule has 0 aliphatic heterocycles. The number of hydrazone groups is 1. The van der Waals surface area contributed by atoms with Crippen molar-refractivity contribution in [2.24, 2.45) is 5.10 Å². The summed E-state index contributed by atoms with van der Waals surface area (Å²) in [7, 11) is 1.62. The average Bonchev–Trinajstić information content (AvgIpc) is 3.17. The summed E-state index contributed by atoms with van der Waals surface area (Å²) in [4.78, 5) is 12.1. The first-order valence-electron chi connectivity index (χ1n) is 8.99. The van der Waals surface area contributed by atoms with E-state index in [-0.39, 0.29) is 11.7 Å². The second kappa shape index (κ2) is 10.5. The minimum absolute atomic E-state index is 0.152. The molecule has 0 saturated carbocycles. The molecule has 0 aliphatic carbocycles. The van der Waals surface area contributed by atoms with Crippen LogP contribution in [0.4, 0.5) is 0 Å². The number of ether oxygens (including phenoxy) is 1. The highest BCUT2D eigenvalue weighted by Crippen LogP contribution is 2.25. The Morgan fingerprint density at radius 2 is 1.97 bits per heavy atom. The van der Waals surface area contributed by atoms with Crippen molar-refractivity contribution >= 4 is 47.1 Å². The molecule has 0 saturated heterocycles. The minimum atomic E-state index is -0.257. The van der Waals surface area contributed by atoms with E-state index >= 15 is 0 Å². The van der Waals surface area contributed by atoms with E-state index in [4.69, 9.17) is 27.9 Å². The Kier molecular flexibility index (Phi) is 7.73. The Bertz CT molecular complexity index is 1050. The highest BCUT2D eigenvalue weighted by atomic mass is 35.5. The van der Waals surface area contributed by atoms with Crippen molar-refractivity contribution < 1.29 is 9.53 Å². The van der Waals surface area contributed by atoms with Crippen LogP contribution in [-0.2, 0) is 11.3 Å². The largest absolute Gasteiger partial charge is 0.497 e. The predicted octanol–water partition coefficient (Wildman–Crippen LogP) is 4.52. The van der Waals surface area contributed by atoms with Gasteiger partial charge in [0.1, 0.15) is 5.75 Å². The van der Waals surface area contributed by atoms with Crippen LogP contribution < -0.4 is 10.2 Å². The maximum Gasteiger partial charge on any atom is 0.250 e. The van der Waals surface area contributed by atoms with Gasteiger partial charge in [-0.05, 0) is 48.9 Å². The van der Waals surface area contributed by atoms with Gasteiger partial charge in [0.15, 0.2) is 11.0 Å². The lowest BCUT2D eigenvalue weighted by Gasteiger charge is -2.07. The van der Waals surface area contributed by atoms with E-state index in [1.54, 1.807) is 25.3 Å². The predicted molar refractivity (Wildman–Crippen MR) is 121 cm³/mol. The number of rotatable bonds is 8. The molecule has 156 valence electrons. The number of carbonyl (C=O) groups excluding carboxylic acids is 1. The van der Waals surface area contributed by atoms with E-state index in [2.05, 4.69) is 20.7 Å². The van der Waals surface area contributed by atoms with Gasteiger partial charge in [0.25, 0.3) is 5.91 Å². The van der Waals surface area contributed by atoms with E-state index in [9.17, 15) is 4.79 Å². The second-order valence-electron chi connectivity index (χ2n) is 6.03. The highest BCUT2D eigenvalue weighted by molar-refractivity contribution is 7.99. The van der Waals surface area contributed by atoms with Crippen molar-refractivity contribution in [3.63, 3.8) is 0 Å². The van der Waals surface area contributed by atoms with Crippen molar-refractivity contribution in [2.75, 3.05) is 12.9 Å². The van der Waals surface area contributed by atoms with E-state index in [1.807, 2.05) is 35.8 Å². The molecule has 3 rings (SSSR count). The molecule has 2 aromatic carbocycles. The Hall–Kier alpha value is -2.55. The van der Waals surface area contributed by atoms with Crippen molar-refractivity contribution in [1.29, 1.82) is 0 Å². The number of halogens is 2. The van der Waals surface area contributed by atoms with Crippen molar-refractivity contribution in [2.45, 2.75) is 18.6 Å². The minimum Gasteiger partial charge on any atom is -0.497 e. The maximum absolute atomic E-state index is 12.1. The standard InChI is InChI=1S/C20H19Cl2N5O2S/c1-3-27-19(14-5-7-15(29-2)8-6-14)25-26-20(27)30-12-18(28)24-23-11-13-4-9-16(21)17(22)10-13/h4-11H,3,12H2,1-2H3,(H,24,28)/b23-11-. The van der Waals surface area contributed by atoms with Crippen LogP contribution in [0.15, 0.2) is 52.7 Å². The molecule has 30 heavy (non-hydrogen) atoms. The van der Waals surface area contributed by atoms with Gasteiger partial charge in [-0.1, -0.05) is 41.0 Å². The molecule has 0 atom stereocenters. The first-order valence-corrected chi connectivity index (χ1v) is 10.7. The molecular weight excluding hydrogens is 445 g/mol. The first-order chi connectivity index (χ1) is 14.5. The number of thioether (sulfide) groups is 1. The molecule has 3 aromatic rings. The van der Waals surface area contributed by atoms with Gasteiger partial charge in [-0.25, -0.2) is 5.43 Å². The van der Waals surface area contributed by atoms with E-state index in [0.717, 1.165) is 22.7 Å². The van der Waals surface area contributed by atoms with E-state index in [1.165, 1.54) is 18.0 Å². The lowest BCUT2D eigenvalue weighted by Crippen LogP contribution is -2.20. The maximum atomic E-state index is 12.1. The third kappa shape index (κ3) is 5.53. The molecule has 7 nitrogen and oxygen atoms in total. The number of amides is 1. The van der Waals surface area contributed by atoms with E-state index in [0.29, 0.717) is 21.7 Å². The van der Waals surface area contributed by atoms with Crippen molar-refractivity contribution in [3.05, 3.63) is 58.1 Å². The van der Waals surface area contributed by atoms with Gasteiger partial charge in [0.05, 0.1) is 29.1 Å². The number of carbonyl (C=O) groups is 1. The number of methoxy groups -OCH3 is 1. The summed E-state index contributed by atoms with van der Waals surface area (Å²) in [6.07, 6.45) is 1.50. The molecule has 0 aliphatic rings. The van der Waals surface area contributed by atoms with Crippen LogP contribution in [-0.4, -0.2) is 39.7 Å². The van der Waals surface area contributed by atoms with Crippen LogP contribution in [0.5, 0.6) is 5.75 Å². The summed E-state index contributed by atoms with van der Waals surface area (Å²) in [5.74, 6) is 1.40. The number of benzene rings is 2. The fourth-order valence-corrected chi connectivity index (χ4v) is 3.67. The lowest BCUT2D eigenvalue weighted by atomic mass is 10.2. The molecule has 0 bridgehead atoms. The number of aromatic nitrogens is 3. The number of hydrogen-bond donors (Lipinski definition) is 1. The Labute approximate surface area is 188 Å². The molecule has 1 aromatic heterocycles.